The van der Waals surface area contributed by atoms with E-state index in [4.69, 9.17) is 0 Å². The largest absolute Gasteiger partial charge is 0.332 e. The number of hydrogen-bond acceptors (Lipinski definition) is 2. The second kappa shape index (κ2) is 8.90. The molecule has 0 spiro atoms. The molecule has 1 fully saturated rings. The predicted molar refractivity (Wildman–Crippen MR) is 73.0 cm³/mol. The Morgan fingerprint density at radius 1 is 1.17 bits per heavy atom. The molecule has 0 aromatic carbocycles. The standard InChI is InChI=1S/C15H25NO2/c1-2-3-5-10-14(17)11-12-16-15(18)13-8-6-4-7-9-13/h11-13H,2-10H2,1H3,(H,16,18)/b12-11-. The Balaban J connectivity index is 2.18. The zero-order chi connectivity index (χ0) is 13.2. The third kappa shape index (κ3) is 5.99. The molecule has 0 radical (unpaired) electrons. The third-order valence-corrected chi connectivity index (χ3v) is 3.50. The third-order valence-electron chi connectivity index (χ3n) is 3.50. The molecule has 3 nitrogen and oxygen atoms in total. The number of hydrogen-bond donors (Lipinski definition) is 1. The summed E-state index contributed by atoms with van der Waals surface area (Å²) in [5.74, 6) is 0.332. The summed E-state index contributed by atoms with van der Waals surface area (Å²) in [6.45, 7) is 2.12. The molecule has 102 valence electrons. The Kier molecular flexibility index (Phi) is 7.38. The summed E-state index contributed by atoms with van der Waals surface area (Å²) >= 11 is 0. The molecule has 0 saturated heterocycles. The van der Waals surface area contributed by atoms with Gasteiger partial charge < -0.3 is 5.32 Å². The lowest BCUT2D eigenvalue weighted by Gasteiger charge is -2.19. The lowest BCUT2D eigenvalue weighted by molar-refractivity contribution is -0.124. The fourth-order valence-corrected chi connectivity index (χ4v) is 2.33. The molecule has 0 aromatic rings. The minimum absolute atomic E-state index is 0.0762. The van der Waals surface area contributed by atoms with Gasteiger partial charge in [0.1, 0.15) is 0 Å². The van der Waals surface area contributed by atoms with Crippen LogP contribution in [-0.4, -0.2) is 11.7 Å². The van der Waals surface area contributed by atoms with Gasteiger partial charge in [-0.3, -0.25) is 9.59 Å². The Hall–Kier alpha value is -1.12. The number of nitrogens with one attached hydrogen (secondary N) is 1. The zero-order valence-corrected chi connectivity index (χ0v) is 11.4. The first-order chi connectivity index (χ1) is 8.74. The van der Waals surface area contributed by atoms with E-state index < -0.39 is 0 Å². The van der Waals surface area contributed by atoms with Crippen LogP contribution in [0.15, 0.2) is 12.3 Å². The molecule has 1 amide bonds. The van der Waals surface area contributed by atoms with E-state index in [2.05, 4.69) is 12.2 Å². The molecule has 0 unspecified atom stereocenters. The molecule has 1 aliphatic rings. The van der Waals surface area contributed by atoms with E-state index in [1.165, 1.54) is 18.7 Å². The van der Waals surface area contributed by atoms with Gasteiger partial charge in [-0.15, -0.1) is 0 Å². The van der Waals surface area contributed by atoms with Crippen LogP contribution in [-0.2, 0) is 9.59 Å². The molecule has 0 heterocycles. The first-order valence-corrected chi connectivity index (χ1v) is 7.23. The highest BCUT2D eigenvalue weighted by molar-refractivity contribution is 5.90. The van der Waals surface area contributed by atoms with Gasteiger partial charge in [0.2, 0.25) is 5.91 Å². The van der Waals surface area contributed by atoms with Crippen LogP contribution in [0.1, 0.15) is 64.7 Å². The predicted octanol–water partition coefficient (Wildman–Crippen LogP) is 3.35. The smallest absolute Gasteiger partial charge is 0.227 e. The molecule has 0 atom stereocenters. The lowest BCUT2D eigenvalue weighted by atomic mass is 9.89. The number of unbranched alkanes of at least 4 members (excludes halogenated alkanes) is 2. The normalized spacial score (nSPS) is 16.9. The second-order valence-electron chi connectivity index (χ2n) is 5.10. The molecule has 1 N–H and O–H groups in total. The number of rotatable bonds is 7. The molecule has 0 aliphatic heterocycles. The van der Waals surface area contributed by atoms with Crippen LogP contribution in [0.5, 0.6) is 0 Å². The van der Waals surface area contributed by atoms with E-state index >= 15 is 0 Å². The maximum atomic E-state index is 11.8. The summed E-state index contributed by atoms with van der Waals surface area (Å²) in [5, 5.41) is 2.73. The first kappa shape index (κ1) is 14.9. The average molecular weight is 251 g/mol. The highest BCUT2D eigenvalue weighted by Gasteiger charge is 2.19. The SMILES string of the molecule is CCCCCC(=O)/C=C\NC(=O)C1CCCCC1. The summed E-state index contributed by atoms with van der Waals surface area (Å²) < 4.78 is 0. The minimum atomic E-state index is 0.0762. The van der Waals surface area contributed by atoms with Crippen molar-refractivity contribution in [1.82, 2.24) is 5.32 Å². The van der Waals surface area contributed by atoms with Crippen molar-refractivity contribution in [3.05, 3.63) is 12.3 Å². The summed E-state index contributed by atoms with van der Waals surface area (Å²) in [7, 11) is 0. The quantitative estimate of drug-likeness (QED) is 0.557. The van der Waals surface area contributed by atoms with Crippen LogP contribution in [0.3, 0.4) is 0 Å². The van der Waals surface area contributed by atoms with E-state index in [1.807, 2.05) is 0 Å². The van der Waals surface area contributed by atoms with Gasteiger partial charge in [0.15, 0.2) is 5.78 Å². The Morgan fingerprint density at radius 3 is 2.56 bits per heavy atom. The maximum absolute atomic E-state index is 11.8. The summed E-state index contributed by atoms with van der Waals surface area (Å²) in [5.41, 5.74) is 0. The molecular weight excluding hydrogens is 226 g/mol. The van der Waals surface area contributed by atoms with E-state index in [9.17, 15) is 9.59 Å². The first-order valence-electron chi connectivity index (χ1n) is 7.23. The van der Waals surface area contributed by atoms with Crippen molar-refractivity contribution in [2.24, 2.45) is 5.92 Å². The molecular formula is C15H25NO2. The molecule has 1 saturated carbocycles. The monoisotopic (exact) mass is 251 g/mol. The number of ketones is 1. The van der Waals surface area contributed by atoms with Gasteiger partial charge >= 0.3 is 0 Å². The van der Waals surface area contributed by atoms with Gasteiger partial charge in [0, 0.05) is 18.5 Å². The summed E-state index contributed by atoms with van der Waals surface area (Å²) in [6, 6.07) is 0. The topological polar surface area (TPSA) is 46.2 Å². The molecule has 0 bridgehead atoms. The number of carbonyl (C=O) groups excluding carboxylic acids is 2. The fraction of sp³-hybridized carbons (Fsp3) is 0.733. The van der Waals surface area contributed by atoms with Gasteiger partial charge in [-0.25, -0.2) is 0 Å². The van der Waals surface area contributed by atoms with Gasteiger partial charge in [-0.05, 0) is 25.3 Å². The van der Waals surface area contributed by atoms with E-state index in [-0.39, 0.29) is 17.6 Å². The minimum Gasteiger partial charge on any atom is -0.332 e. The van der Waals surface area contributed by atoms with E-state index in [0.717, 1.165) is 44.9 Å². The van der Waals surface area contributed by atoms with Crippen molar-refractivity contribution in [3.63, 3.8) is 0 Å². The van der Waals surface area contributed by atoms with Crippen LogP contribution < -0.4 is 5.32 Å². The maximum Gasteiger partial charge on any atom is 0.227 e. The molecule has 3 heteroatoms. The van der Waals surface area contributed by atoms with Gasteiger partial charge in [0.25, 0.3) is 0 Å². The Labute approximate surface area is 110 Å². The van der Waals surface area contributed by atoms with Crippen LogP contribution >= 0.6 is 0 Å². The fourth-order valence-electron chi connectivity index (χ4n) is 2.33. The van der Waals surface area contributed by atoms with Crippen molar-refractivity contribution >= 4 is 11.7 Å². The Morgan fingerprint density at radius 2 is 1.89 bits per heavy atom. The molecule has 18 heavy (non-hydrogen) atoms. The number of amides is 1. The lowest BCUT2D eigenvalue weighted by Crippen LogP contribution is -2.28. The summed E-state index contributed by atoms with van der Waals surface area (Å²) in [4.78, 5) is 23.2. The van der Waals surface area contributed by atoms with Crippen LogP contribution in [0.4, 0.5) is 0 Å². The van der Waals surface area contributed by atoms with Crippen LogP contribution in [0.2, 0.25) is 0 Å². The Bertz CT molecular complexity index is 291. The van der Waals surface area contributed by atoms with Gasteiger partial charge in [0.05, 0.1) is 0 Å². The zero-order valence-electron chi connectivity index (χ0n) is 11.4. The van der Waals surface area contributed by atoms with Crippen LogP contribution in [0.25, 0.3) is 0 Å². The molecule has 1 aliphatic carbocycles. The average Bonchev–Trinajstić information content (AvgIpc) is 2.40. The van der Waals surface area contributed by atoms with Crippen LogP contribution in [0, 0.1) is 5.92 Å². The highest BCUT2D eigenvalue weighted by atomic mass is 16.2. The van der Waals surface area contributed by atoms with Gasteiger partial charge in [-0.2, -0.15) is 0 Å². The molecule has 0 aromatic heterocycles. The van der Waals surface area contributed by atoms with E-state index in [1.54, 1.807) is 0 Å². The van der Waals surface area contributed by atoms with Crippen molar-refractivity contribution in [3.8, 4) is 0 Å². The number of allylic oxidation sites excluding steroid dienone is 1. The second-order valence-corrected chi connectivity index (χ2v) is 5.10. The van der Waals surface area contributed by atoms with E-state index in [0.29, 0.717) is 6.42 Å². The van der Waals surface area contributed by atoms with Crippen molar-refractivity contribution in [2.45, 2.75) is 64.7 Å². The molecule has 1 rings (SSSR count). The summed E-state index contributed by atoms with van der Waals surface area (Å²) in [6.07, 6.45) is 12.3. The van der Waals surface area contributed by atoms with Crippen molar-refractivity contribution in [2.75, 3.05) is 0 Å². The van der Waals surface area contributed by atoms with Crippen molar-refractivity contribution < 1.29 is 9.59 Å². The van der Waals surface area contributed by atoms with Gasteiger partial charge in [-0.1, -0.05) is 39.0 Å². The number of carbonyl (C=O) groups is 2. The highest BCUT2D eigenvalue weighted by Crippen LogP contribution is 2.23. The van der Waals surface area contributed by atoms with Crippen molar-refractivity contribution in [1.29, 1.82) is 0 Å².